The summed E-state index contributed by atoms with van der Waals surface area (Å²) in [6.45, 7) is 1.91. The molecule has 1 amide bonds. The van der Waals surface area contributed by atoms with E-state index in [0.29, 0.717) is 16.5 Å². The van der Waals surface area contributed by atoms with Crippen LogP contribution in [0.25, 0.3) is 10.9 Å². The van der Waals surface area contributed by atoms with Crippen molar-refractivity contribution < 1.29 is 33.7 Å². The molecular formula is C36H34ClN3O8S. The van der Waals surface area contributed by atoms with E-state index in [1.165, 1.54) is 42.9 Å². The monoisotopic (exact) mass is 703 g/mol. The summed E-state index contributed by atoms with van der Waals surface area (Å²) >= 11 is 8.12. The normalized spacial score (nSPS) is 19.2. The molecule has 2 aliphatic rings. The molecule has 13 heteroatoms. The minimum Gasteiger partial charge on any atom is -0.507 e. The lowest BCUT2D eigenvalue weighted by atomic mass is 9.69. The Hall–Kier alpha value is -4.81. The zero-order valence-electron chi connectivity index (χ0n) is 27.2. The third-order valence-corrected chi connectivity index (χ3v) is 10.3. The lowest BCUT2D eigenvalue weighted by Crippen LogP contribution is -2.53. The van der Waals surface area contributed by atoms with Gasteiger partial charge < -0.3 is 24.6 Å². The van der Waals surface area contributed by atoms with Crippen LogP contribution in [-0.2, 0) is 16.1 Å². The predicted octanol–water partition coefficient (Wildman–Crippen LogP) is 5.51. The Morgan fingerprint density at radius 2 is 1.86 bits per heavy atom. The van der Waals surface area contributed by atoms with Crippen LogP contribution in [0.15, 0.2) is 81.9 Å². The maximum Gasteiger partial charge on any atom is 0.261 e. The number of hydrogen-bond acceptors (Lipinski definition) is 10. The highest BCUT2D eigenvalue weighted by Gasteiger charge is 2.61. The zero-order valence-corrected chi connectivity index (χ0v) is 28.8. The van der Waals surface area contributed by atoms with E-state index in [2.05, 4.69) is 10.3 Å². The predicted molar refractivity (Wildman–Crippen MR) is 185 cm³/mol. The summed E-state index contributed by atoms with van der Waals surface area (Å²) in [5, 5.41) is 15.4. The van der Waals surface area contributed by atoms with Crippen LogP contribution >= 0.6 is 23.4 Å². The zero-order chi connectivity index (χ0) is 35.0. The number of nitrogens with zero attached hydrogens (tertiary/aromatic N) is 2. The SMILES string of the molecule is COc1cc(OC)c2c(c1Cl)OC1(C2=O)C(O)=C(C(CC(=O)NCCn2cnc3ccccc3c2=O)c2ccc(SC)cc2)C(=O)CC1C. The number of carbonyl (C=O) groups is 3. The first-order valence-corrected chi connectivity index (χ1v) is 17.2. The second-order valence-corrected chi connectivity index (χ2v) is 13.2. The average Bonchev–Trinajstić information content (AvgIpc) is 3.42. The summed E-state index contributed by atoms with van der Waals surface area (Å²) in [5.74, 6) is -3.45. The number of ketones is 2. The number of halogens is 1. The molecule has 3 atom stereocenters. The molecular weight excluding hydrogens is 670 g/mol. The van der Waals surface area contributed by atoms with Gasteiger partial charge >= 0.3 is 0 Å². The number of aliphatic hydroxyl groups is 1. The Balaban J connectivity index is 1.35. The number of allylic oxidation sites excluding steroid dienone is 1. The molecule has 0 saturated heterocycles. The van der Waals surface area contributed by atoms with Crippen LogP contribution in [0.3, 0.4) is 0 Å². The number of nitrogens with one attached hydrogen (secondary N) is 1. The molecule has 6 rings (SSSR count). The highest BCUT2D eigenvalue weighted by atomic mass is 35.5. The van der Waals surface area contributed by atoms with Gasteiger partial charge in [0.1, 0.15) is 22.1 Å². The molecule has 49 heavy (non-hydrogen) atoms. The molecule has 0 saturated carbocycles. The van der Waals surface area contributed by atoms with E-state index in [1.54, 1.807) is 43.3 Å². The largest absolute Gasteiger partial charge is 0.507 e. The second kappa shape index (κ2) is 13.6. The number of fused-ring (bicyclic) bond motifs is 2. The van der Waals surface area contributed by atoms with Crippen molar-refractivity contribution in [3.05, 3.63) is 98.8 Å². The first-order valence-electron chi connectivity index (χ1n) is 15.6. The number of aromatic nitrogens is 2. The van der Waals surface area contributed by atoms with Gasteiger partial charge in [0.05, 0.1) is 31.4 Å². The Morgan fingerprint density at radius 1 is 1.14 bits per heavy atom. The van der Waals surface area contributed by atoms with Gasteiger partial charge in [-0.2, -0.15) is 0 Å². The van der Waals surface area contributed by atoms with Gasteiger partial charge in [-0.1, -0.05) is 42.8 Å². The fraction of sp³-hybridized carbons (Fsp3) is 0.306. The molecule has 2 N–H and O–H groups in total. The molecule has 11 nitrogen and oxygen atoms in total. The third kappa shape index (κ3) is 5.82. The van der Waals surface area contributed by atoms with Gasteiger partial charge in [-0.25, -0.2) is 4.98 Å². The standard InChI is InChI=1S/C36H34ClN3O8S/c1-19-15-25(41)29(33(43)36(19)34(44)30-26(46-2)17-27(47-3)31(37)32(30)48-36)23(20-9-11-21(49-4)12-10-20)16-28(42)38-13-14-40-18-39-24-8-6-5-7-22(24)35(40)45/h5-12,17-19,23,43H,13-16H2,1-4H3,(H,38,42). The van der Waals surface area contributed by atoms with Crippen molar-refractivity contribution in [1.29, 1.82) is 0 Å². The van der Waals surface area contributed by atoms with Crippen LogP contribution < -0.4 is 25.1 Å². The molecule has 4 aromatic rings. The molecule has 1 spiro atoms. The molecule has 254 valence electrons. The van der Waals surface area contributed by atoms with Gasteiger partial charge in [0.2, 0.25) is 17.3 Å². The highest BCUT2D eigenvalue weighted by molar-refractivity contribution is 7.98. The Morgan fingerprint density at radius 3 is 2.55 bits per heavy atom. The summed E-state index contributed by atoms with van der Waals surface area (Å²) in [7, 11) is 2.79. The molecule has 2 heterocycles. The first-order chi connectivity index (χ1) is 23.5. The van der Waals surface area contributed by atoms with Gasteiger partial charge in [0, 0.05) is 54.3 Å². The van der Waals surface area contributed by atoms with Crippen molar-refractivity contribution >= 4 is 51.7 Å². The number of hydrogen-bond donors (Lipinski definition) is 2. The summed E-state index contributed by atoms with van der Waals surface area (Å²) < 4.78 is 18.6. The maximum atomic E-state index is 14.3. The summed E-state index contributed by atoms with van der Waals surface area (Å²) in [6.07, 6.45) is 2.98. The van der Waals surface area contributed by atoms with Gasteiger partial charge in [-0.05, 0) is 36.1 Å². The van der Waals surface area contributed by atoms with Gasteiger partial charge in [0.15, 0.2) is 17.3 Å². The maximum absolute atomic E-state index is 14.3. The molecule has 1 aromatic heterocycles. The quantitative estimate of drug-likeness (QED) is 0.203. The van der Waals surface area contributed by atoms with Crippen LogP contribution in [0.1, 0.15) is 41.6 Å². The molecule has 1 aliphatic heterocycles. The highest BCUT2D eigenvalue weighted by Crippen LogP contribution is 2.55. The summed E-state index contributed by atoms with van der Waals surface area (Å²) in [5.41, 5.74) is -1.13. The summed E-state index contributed by atoms with van der Waals surface area (Å²) in [4.78, 5) is 59.9. The Kier molecular flexibility index (Phi) is 9.45. The minimum absolute atomic E-state index is 0.0197. The van der Waals surface area contributed by atoms with E-state index >= 15 is 0 Å². The van der Waals surface area contributed by atoms with Crippen LogP contribution in [0.5, 0.6) is 17.2 Å². The molecule has 3 unspecified atom stereocenters. The van der Waals surface area contributed by atoms with Crippen molar-refractivity contribution in [2.45, 2.75) is 42.7 Å². The number of aliphatic hydroxyl groups excluding tert-OH is 1. The number of benzene rings is 3. The topological polar surface area (TPSA) is 146 Å². The number of para-hydroxylation sites is 1. The lowest BCUT2D eigenvalue weighted by Gasteiger charge is -2.38. The van der Waals surface area contributed by atoms with Gasteiger partial charge in [-0.3, -0.25) is 23.7 Å². The Labute approximate surface area is 291 Å². The van der Waals surface area contributed by atoms with Gasteiger partial charge in [0.25, 0.3) is 5.56 Å². The number of thioether (sulfide) groups is 1. The average molecular weight is 704 g/mol. The number of Topliss-reactive ketones (excluding diaryl/α,β-unsaturated/α-hetero) is 2. The van der Waals surface area contributed by atoms with E-state index in [4.69, 9.17) is 25.8 Å². The molecule has 0 bridgehead atoms. The van der Waals surface area contributed by atoms with Crippen molar-refractivity contribution in [1.82, 2.24) is 14.9 Å². The van der Waals surface area contributed by atoms with Crippen LogP contribution in [-0.4, -0.2) is 64.8 Å². The number of amides is 1. The second-order valence-electron chi connectivity index (χ2n) is 11.9. The van der Waals surface area contributed by atoms with Crippen molar-refractivity contribution in [3.63, 3.8) is 0 Å². The van der Waals surface area contributed by atoms with Gasteiger partial charge in [-0.15, -0.1) is 11.8 Å². The van der Waals surface area contributed by atoms with E-state index in [-0.39, 0.29) is 64.9 Å². The molecule has 3 aromatic carbocycles. The minimum atomic E-state index is -1.99. The summed E-state index contributed by atoms with van der Waals surface area (Å²) in [6, 6.07) is 15.8. The fourth-order valence-corrected chi connectivity index (χ4v) is 7.27. The van der Waals surface area contributed by atoms with Crippen LogP contribution in [0.4, 0.5) is 0 Å². The number of rotatable bonds is 10. The smallest absolute Gasteiger partial charge is 0.261 e. The molecule has 1 aliphatic carbocycles. The number of carbonyl (C=O) groups excluding carboxylic acids is 3. The molecule has 0 fully saturated rings. The van der Waals surface area contributed by atoms with Crippen molar-refractivity contribution in [2.24, 2.45) is 5.92 Å². The lowest BCUT2D eigenvalue weighted by molar-refractivity contribution is -0.121. The molecule has 0 radical (unpaired) electrons. The van der Waals surface area contributed by atoms with E-state index in [0.717, 1.165) is 4.90 Å². The first kappa shape index (κ1) is 34.1. The van der Waals surface area contributed by atoms with Crippen LogP contribution in [0.2, 0.25) is 5.02 Å². The fourth-order valence-electron chi connectivity index (χ4n) is 6.60. The van der Waals surface area contributed by atoms with Crippen molar-refractivity contribution in [2.75, 3.05) is 27.0 Å². The number of methoxy groups -OCH3 is 2. The van der Waals surface area contributed by atoms with E-state index in [9.17, 15) is 24.3 Å². The number of ether oxygens (including phenoxy) is 3. The van der Waals surface area contributed by atoms with E-state index < -0.39 is 40.7 Å². The third-order valence-electron chi connectivity index (χ3n) is 9.17. The van der Waals surface area contributed by atoms with Crippen LogP contribution in [0, 0.1) is 5.92 Å². The van der Waals surface area contributed by atoms with E-state index in [1.807, 2.05) is 18.4 Å². The van der Waals surface area contributed by atoms with Crippen molar-refractivity contribution in [3.8, 4) is 17.2 Å². The Bertz CT molecular complexity index is 2080.